The van der Waals surface area contributed by atoms with Gasteiger partial charge < -0.3 is 9.67 Å². The average molecular weight is 350 g/mol. The quantitative estimate of drug-likeness (QED) is 0.504. The number of ketones is 1. The number of aryl methyl sites for hydroxylation is 1. The molecule has 2 heterocycles. The molecule has 0 saturated heterocycles. The maximum atomic E-state index is 13.2. The number of hydrogen-bond donors (Lipinski definition) is 1. The molecule has 0 saturated carbocycles. The Kier molecular flexibility index (Phi) is 5.16. The molecule has 0 aliphatic heterocycles. The number of aromatic carboxylic acids is 1. The lowest BCUT2D eigenvalue weighted by molar-refractivity contribution is 0.0692. The Balaban J connectivity index is 2.15. The minimum absolute atomic E-state index is 0.0143. The van der Waals surface area contributed by atoms with E-state index in [4.69, 9.17) is 0 Å². The van der Waals surface area contributed by atoms with Crippen LogP contribution in [0.2, 0.25) is 0 Å². The zero-order chi connectivity index (χ0) is 18.7. The van der Waals surface area contributed by atoms with Crippen molar-refractivity contribution in [3.63, 3.8) is 0 Å². The summed E-state index contributed by atoms with van der Waals surface area (Å²) in [6, 6.07) is 10.7. The third kappa shape index (κ3) is 3.12. The number of benzene rings is 1. The van der Waals surface area contributed by atoms with E-state index in [0.717, 1.165) is 42.4 Å². The van der Waals surface area contributed by atoms with E-state index in [2.05, 4.69) is 16.5 Å². The van der Waals surface area contributed by atoms with Gasteiger partial charge >= 0.3 is 5.97 Å². The van der Waals surface area contributed by atoms with Crippen LogP contribution in [-0.4, -0.2) is 26.4 Å². The van der Waals surface area contributed by atoms with Gasteiger partial charge in [0.15, 0.2) is 0 Å². The first kappa shape index (κ1) is 17.9. The molecule has 0 atom stereocenters. The van der Waals surface area contributed by atoms with Crippen molar-refractivity contribution in [1.82, 2.24) is 9.55 Å². The van der Waals surface area contributed by atoms with E-state index in [1.807, 2.05) is 31.2 Å². The van der Waals surface area contributed by atoms with Crippen molar-refractivity contribution in [2.24, 2.45) is 0 Å². The van der Waals surface area contributed by atoms with Crippen LogP contribution in [0.4, 0.5) is 0 Å². The Labute approximate surface area is 152 Å². The molecule has 0 fully saturated rings. The maximum Gasteiger partial charge on any atom is 0.338 e. The molecule has 2 aromatic heterocycles. The highest BCUT2D eigenvalue weighted by atomic mass is 16.4. The molecule has 1 N–H and O–H groups in total. The topological polar surface area (TPSA) is 72.2 Å². The number of nitrogens with zero attached hydrogens (tertiary/aromatic N) is 2. The van der Waals surface area contributed by atoms with Crippen molar-refractivity contribution in [3.05, 3.63) is 65.1 Å². The lowest BCUT2D eigenvalue weighted by Crippen LogP contribution is -2.13. The number of carboxylic acids is 1. The lowest BCUT2D eigenvalue weighted by Gasteiger charge is -2.08. The van der Waals surface area contributed by atoms with Crippen LogP contribution in [0.3, 0.4) is 0 Å². The second-order valence-electron chi connectivity index (χ2n) is 6.37. The van der Waals surface area contributed by atoms with Gasteiger partial charge in [-0.3, -0.25) is 9.78 Å². The number of para-hydroxylation sites is 1. The molecule has 5 nitrogen and oxygen atoms in total. The largest absolute Gasteiger partial charge is 0.478 e. The third-order valence-corrected chi connectivity index (χ3v) is 4.70. The highest BCUT2D eigenvalue weighted by molar-refractivity contribution is 6.19. The molecule has 26 heavy (non-hydrogen) atoms. The van der Waals surface area contributed by atoms with Crippen molar-refractivity contribution in [2.45, 2.75) is 39.7 Å². The smallest absolute Gasteiger partial charge is 0.338 e. The number of carbonyl (C=O) groups is 2. The standard InChI is InChI=1S/C21H22N2O3/c1-3-4-7-13-23-14(2)18(15-9-5-6-11-17(15)23)20(24)19-16(21(25)26)10-8-12-22-19/h5-6,8-12H,3-4,7,13H2,1-2H3,(H,25,26). The van der Waals surface area contributed by atoms with Crippen LogP contribution in [0, 0.1) is 6.92 Å². The highest BCUT2D eigenvalue weighted by Crippen LogP contribution is 2.29. The third-order valence-electron chi connectivity index (χ3n) is 4.70. The van der Waals surface area contributed by atoms with Gasteiger partial charge in [-0.25, -0.2) is 4.79 Å². The van der Waals surface area contributed by atoms with Gasteiger partial charge in [0, 0.05) is 29.3 Å². The first-order valence-electron chi connectivity index (χ1n) is 8.87. The predicted molar refractivity (Wildman–Crippen MR) is 101 cm³/mol. The van der Waals surface area contributed by atoms with E-state index < -0.39 is 5.97 Å². The predicted octanol–water partition coefficient (Wildman–Crippen LogP) is 4.46. The maximum absolute atomic E-state index is 13.2. The molecule has 0 spiro atoms. The van der Waals surface area contributed by atoms with E-state index in [0.29, 0.717) is 5.56 Å². The summed E-state index contributed by atoms with van der Waals surface area (Å²) in [6.45, 7) is 4.91. The fourth-order valence-electron chi connectivity index (χ4n) is 3.40. The SMILES string of the molecule is CCCCCn1c(C)c(C(=O)c2ncccc2C(=O)O)c2ccccc21. The van der Waals surface area contributed by atoms with Crippen LogP contribution in [0.1, 0.15) is 58.3 Å². The molecule has 0 aliphatic rings. The Bertz CT molecular complexity index is 973. The molecular formula is C21H22N2O3. The molecular weight excluding hydrogens is 328 g/mol. The number of unbranched alkanes of at least 4 members (excludes halogenated alkanes) is 2. The molecule has 3 aromatic rings. The summed E-state index contributed by atoms with van der Waals surface area (Å²) in [6.07, 6.45) is 4.74. The summed E-state index contributed by atoms with van der Waals surface area (Å²) in [5.41, 5.74) is 2.31. The van der Waals surface area contributed by atoms with Crippen molar-refractivity contribution in [1.29, 1.82) is 0 Å². The molecule has 1 aromatic carbocycles. The molecule has 0 radical (unpaired) electrons. The minimum Gasteiger partial charge on any atom is -0.478 e. The van der Waals surface area contributed by atoms with Crippen LogP contribution < -0.4 is 0 Å². The summed E-state index contributed by atoms with van der Waals surface area (Å²) in [4.78, 5) is 28.8. The molecule has 0 amide bonds. The molecule has 0 bridgehead atoms. The number of hydrogen-bond acceptors (Lipinski definition) is 3. The van der Waals surface area contributed by atoms with Crippen LogP contribution in [0.5, 0.6) is 0 Å². The Morgan fingerprint density at radius 3 is 2.62 bits per heavy atom. The number of carboxylic acid groups (broad SMARTS) is 1. The normalized spacial score (nSPS) is 11.0. The van der Waals surface area contributed by atoms with E-state index >= 15 is 0 Å². The molecule has 3 rings (SSSR count). The zero-order valence-corrected chi connectivity index (χ0v) is 15.0. The fraction of sp³-hybridized carbons (Fsp3) is 0.286. The van der Waals surface area contributed by atoms with E-state index in [-0.39, 0.29) is 17.0 Å². The molecule has 0 unspecified atom stereocenters. The van der Waals surface area contributed by atoms with Gasteiger partial charge in [-0.15, -0.1) is 0 Å². The summed E-state index contributed by atoms with van der Waals surface area (Å²) in [7, 11) is 0. The van der Waals surface area contributed by atoms with Crippen molar-refractivity contribution in [2.75, 3.05) is 0 Å². The number of aromatic nitrogens is 2. The van der Waals surface area contributed by atoms with Crippen molar-refractivity contribution in [3.8, 4) is 0 Å². The van der Waals surface area contributed by atoms with Crippen molar-refractivity contribution < 1.29 is 14.7 Å². The van der Waals surface area contributed by atoms with E-state index in [9.17, 15) is 14.7 Å². The summed E-state index contributed by atoms with van der Waals surface area (Å²) >= 11 is 0. The van der Waals surface area contributed by atoms with Gasteiger partial charge in [-0.1, -0.05) is 38.0 Å². The number of pyridine rings is 1. The van der Waals surface area contributed by atoms with Gasteiger partial charge in [0.05, 0.1) is 11.1 Å². The fourth-order valence-corrected chi connectivity index (χ4v) is 3.40. The van der Waals surface area contributed by atoms with Crippen LogP contribution in [0.25, 0.3) is 10.9 Å². The van der Waals surface area contributed by atoms with Crippen molar-refractivity contribution >= 4 is 22.7 Å². The summed E-state index contributed by atoms with van der Waals surface area (Å²) in [5.74, 6) is -1.49. The monoisotopic (exact) mass is 350 g/mol. The van der Waals surface area contributed by atoms with Crippen LogP contribution >= 0.6 is 0 Å². The van der Waals surface area contributed by atoms with Gasteiger partial charge in [-0.05, 0) is 31.5 Å². The summed E-state index contributed by atoms with van der Waals surface area (Å²) < 4.78 is 2.15. The second kappa shape index (κ2) is 7.52. The van der Waals surface area contributed by atoms with E-state index in [1.165, 1.54) is 18.3 Å². The average Bonchev–Trinajstić information content (AvgIpc) is 2.93. The van der Waals surface area contributed by atoms with Gasteiger partial charge in [0.2, 0.25) is 5.78 Å². The summed E-state index contributed by atoms with van der Waals surface area (Å²) in [5, 5.41) is 10.2. The lowest BCUT2D eigenvalue weighted by atomic mass is 10.0. The molecule has 134 valence electrons. The molecule has 0 aliphatic carbocycles. The Hall–Kier alpha value is -2.95. The highest BCUT2D eigenvalue weighted by Gasteiger charge is 2.25. The molecule has 5 heteroatoms. The minimum atomic E-state index is -1.15. The first-order valence-corrected chi connectivity index (χ1v) is 8.87. The first-order chi connectivity index (χ1) is 12.6. The second-order valence-corrected chi connectivity index (χ2v) is 6.37. The zero-order valence-electron chi connectivity index (χ0n) is 15.0. The van der Waals surface area contributed by atoms with Gasteiger partial charge in [-0.2, -0.15) is 0 Å². The van der Waals surface area contributed by atoms with Gasteiger partial charge in [0.1, 0.15) is 5.69 Å². The van der Waals surface area contributed by atoms with Crippen LogP contribution in [0.15, 0.2) is 42.6 Å². The number of carbonyl (C=O) groups excluding carboxylic acids is 1. The Morgan fingerprint density at radius 1 is 1.12 bits per heavy atom. The Morgan fingerprint density at radius 2 is 1.88 bits per heavy atom. The van der Waals surface area contributed by atoms with E-state index in [1.54, 1.807) is 0 Å². The number of fused-ring (bicyclic) bond motifs is 1. The van der Waals surface area contributed by atoms with Crippen LogP contribution in [-0.2, 0) is 6.54 Å². The number of rotatable bonds is 7. The van der Waals surface area contributed by atoms with Gasteiger partial charge in [0.25, 0.3) is 0 Å².